The number of amides is 1. The van der Waals surface area contributed by atoms with Gasteiger partial charge in [-0.2, -0.15) is 18.3 Å². The molecule has 13 heteroatoms. The number of hydrogen-bond donors (Lipinski definition) is 0. The van der Waals surface area contributed by atoms with E-state index in [1.165, 1.54) is 17.0 Å². The van der Waals surface area contributed by atoms with Gasteiger partial charge in [-0.25, -0.2) is 14.5 Å². The number of ether oxygens (including phenoxy) is 1. The monoisotopic (exact) mass is 487 g/mol. The van der Waals surface area contributed by atoms with E-state index in [0.717, 1.165) is 16.9 Å². The van der Waals surface area contributed by atoms with E-state index in [-0.39, 0.29) is 35.2 Å². The van der Waals surface area contributed by atoms with Crippen LogP contribution in [-0.2, 0) is 22.3 Å². The number of aromatic nitrogens is 3. The van der Waals surface area contributed by atoms with Crippen molar-refractivity contribution >= 4 is 29.3 Å². The molecule has 3 rings (SSSR count). The summed E-state index contributed by atoms with van der Waals surface area (Å²) >= 11 is 5.98. The predicted octanol–water partition coefficient (Wildman–Crippen LogP) is 2.23. The number of aryl methyl sites for hydroxylation is 1. The number of esters is 1. The normalized spacial score (nSPS) is 14.3. The molecule has 1 fully saturated rings. The standard InChI is InChI=1S/C20H21ClF3N5O4/c1-2-5-29-16(30)4-3-15(26-29)19(32)33-12-17(31)27-6-8-28(9-7-27)18-14(21)10-13(11-25-18)20(22,23)24/h3-4,10-11H,2,5-9,12H2,1H3. The van der Waals surface area contributed by atoms with Crippen molar-refractivity contribution in [1.82, 2.24) is 19.7 Å². The van der Waals surface area contributed by atoms with Gasteiger partial charge in [0.2, 0.25) is 0 Å². The van der Waals surface area contributed by atoms with Gasteiger partial charge in [-0.15, -0.1) is 0 Å². The summed E-state index contributed by atoms with van der Waals surface area (Å²) in [5.41, 5.74) is -1.36. The molecule has 2 aromatic heterocycles. The Morgan fingerprint density at radius 1 is 1.18 bits per heavy atom. The maximum atomic E-state index is 12.8. The van der Waals surface area contributed by atoms with Gasteiger partial charge in [0.25, 0.3) is 11.5 Å². The topological polar surface area (TPSA) is 97.6 Å². The number of nitrogens with zero attached hydrogens (tertiary/aromatic N) is 5. The highest BCUT2D eigenvalue weighted by Crippen LogP contribution is 2.33. The molecule has 1 aliphatic heterocycles. The zero-order chi connectivity index (χ0) is 24.2. The van der Waals surface area contributed by atoms with Crippen molar-refractivity contribution in [3.05, 3.63) is 51.0 Å². The van der Waals surface area contributed by atoms with Gasteiger partial charge >= 0.3 is 12.1 Å². The first-order valence-electron chi connectivity index (χ1n) is 10.1. The van der Waals surface area contributed by atoms with E-state index in [9.17, 15) is 27.6 Å². The quantitative estimate of drug-likeness (QED) is 0.576. The summed E-state index contributed by atoms with van der Waals surface area (Å²) in [7, 11) is 0. The highest BCUT2D eigenvalue weighted by molar-refractivity contribution is 6.33. The van der Waals surface area contributed by atoms with Gasteiger partial charge in [0, 0.05) is 45.0 Å². The Morgan fingerprint density at radius 2 is 1.88 bits per heavy atom. The fraction of sp³-hybridized carbons (Fsp3) is 0.450. The molecule has 0 saturated carbocycles. The van der Waals surface area contributed by atoms with E-state index in [1.807, 2.05) is 6.92 Å². The first kappa shape index (κ1) is 24.5. The van der Waals surface area contributed by atoms with Gasteiger partial charge < -0.3 is 14.5 Å². The molecule has 0 atom stereocenters. The van der Waals surface area contributed by atoms with Crippen LogP contribution in [0.25, 0.3) is 0 Å². The van der Waals surface area contributed by atoms with Crippen LogP contribution in [0, 0.1) is 0 Å². The molecule has 0 aliphatic carbocycles. The fourth-order valence-electron chi connectivity index (χ4n) is 3.21. The molecule has 2 aromatic rings. The second-order valence-electron chi connectivity index (χ2n) is 7.25. The molecule has 0 spiro atoms. The number of piperazine rings is 1. The van der Waals surface area contributed by atoms with Gasteiger partial charge in [0.05, 0.1) is 10.6 Å². The molecular formula is C20H21ClF3N5O4. The number of halogens is 4. The summed E-state index contributed by atoms with van der Waals surface area (Å²) in [6, 6.07) is 3.26. The summed E-state index contributed by atoms with van der Waals surface area (Å²) in [6.07, 6.45) is -3.17. The number of rotatable bonds is 6. The summed E-state index contributed by atoms with van der Waals surface area (Å²) in [4.78, 5) is 43.3. The lowest BCUT2D eigenvalue weighted by Crippen LogP contribution is -2.50. The lowest BCUT2D eigenvalue weighted by atomic mass is 10.2. The van der Waals surface area contributed by atoms with Gasteiger partial charge in [0.15, 0.2) is 12.3 Å². The Hall–Kier alpha value is -3.15. The molecule has 0 unspecified atom stereocenters. The zero-order valence-electron chi connectivity index (χ0n) is 17.6. The Kier molecular flexibility index (Phi) is 7.57. The van der Waals surface area contributed by atoms with Gasteiger partial charge in [-0.05, 0) is 18.6 Å². The number of hydrogen-bond acceptors (Lipinski definition) is 7. The van der Waals surface area contributed by atoms with Crippen LogP contribution in [0.2, 0.25) is 5.02 Å². The van der Waals surface area contributed by atoms with Crippen LogP contribution in [0.1, 0.15) is 29.4 Å². The largest absolute Gasteiger partial charge is 0.451 e. The molecule has 0 bridgehead atoms. The van der Waals surface area contributed by atoms with Crippen molar-refractivity contribution in [3.63, 3.8) is 0 Å². The van der Waals surface area contributed by atoms with Crippen molar-refractivity contribution in [2.45, 2.75) is 26.1 Å². The molecular weight excluding hydrogens is 467 g/mol. The van der Waals surface area contributed by atoms with Gasteiger partial charge in [0.1, 0.15) is 5.82 Å². The molecule has 33 heavy (non-hydrogen) atoms. The number of anilines is 1. The molecule has 0 radical (unpaired) electrons. The van der Waals surface area contributed by atoms with Crippen LogP contribution in [0.5, 0.6) is 0 Å². The third kappa shape index (κ3) is 6.01. The van der Waals surface area contributed by atoms with Gasteiger partial charge in [-0.1, -0.05) is 18.5 Å². The van der Waals surface area contributed by atoms with Crippen molar-refractivity contribution in [2.75, 3.05) is 37.7 Å². The lowest BCUT2D eigenvalue weighted by Gasteiger charge is -2.35. The highest BCUT2D eigenvalue weighted by Gasteiger charge is 2.32. The number of pyridine rings is 1. The zero-order valence-corrected chi connectivity index (χ0v) is 18.4. The van der Waals surface area contributed by atoms with E-state index in [2.05, 4.69) is 10.1 Å². The Bertz CT molecular complexity index is 1080. The second-order valence-corrected chi connectivity index (χ2v) is 7.66. The highest BCUT2D eigenvalue weighted by atomic mass is 35.5. The molecule has 178 valence electrons. The van der Waals surface area contributed by atoms with E-state index in [1.54, 1.807) is 4.90 Å². The van der Waals surface area contributed by atoms with Crippen LogP contribution in [0.4, 0.5) is 19.0 Å². The van der Waals surface area contributed by atoms with Crippen molar-refractivity contribution < 1.29 is 27.5 Å². The van der Waals surface area contributed by atoms with Crippen LogP contribution in [0.3, 0.4) is 0 Å². The molecule has 1 amide bonds. The smallest absolute Gasteiger partial charge is 0.417 e. The van der Waals surface area contributed by atoms with E-state index in [4.69, 9.17) is 16.3 Å². The lowest BCUT2D eigenvalue weighted by molar-refractivity contribution is -0.138. The Balaban J connectivity index is 1.53. The summed E-state index contributed by atoms with van der Waals surface area (Å²) in [5, 5.41) is 3.80. The maximum absolute atomic E-state index is 12.8. The van der Waals surface area contributed by atoms with E-state index < -0.39 is 30.2 Å². The predicted molar refractivity (Wildman–Crippen MR) is 112 cm³/mol. The minimum absolute atomic E-state index is 0.0799. The Morgan fingerprint density at radius 3 is 2.48 bits per heavy atom. The number of carbonyl (C=O) groups excluding carboxylic acids is 2. The average molecular weight is 488 g/mol. The first-order chi connectivity index (χ1) is 15.6. The van der Waals surface area contributed by atoms with E-state index >= 15 is 0 Å². The summed E-state index contributed by atoms with van der Waals surface area (Å²) in [6.45, 7) is 2.78. The number of alkyl halides is 3. The average Bonchev–Trinajstić information content (AvgIpc) is 2.78. The molecule has 1 saturated heterocycles. The fourth-order valence-corrected chi connectivity index (χ4v) is 3.49. The maximum Gasteiger partial charge on any atom is 0.417 e. The van der Waals surface area contributed by atoms with Crippen LogP contribution in [-0.4, -0.2) is 64.3 Å². The number of carbonyl (C=O) groups is 2. The van der Waals surface area contributed by atoms with Crippen molar-refractivity contribution in [1.29, 1.82) is 0 Å². The SMILES string of the molecule is CCCn1nc(C(=O)OCC(=O)N2CCN(c3ncc(C(F)(F)F)cc3Cl)CC2)ccc1=O. The third-order valence-corrected chi connectivity index (χ3v) is 5.20. The molecule has 0 N–H and O–H groups in total. The Labute approximate surface area is 191 Å². The summed E-state index contributed by atoms with van der Waals surface area (Å²) < 4.78 is 44.5. The molecule has 0 aromatic carbocycles. The van der Waals surface area contributed by atoms with Crippen LogP contribution in [0.15, 0.2) is 29.2 Å². The van der Waals surface area contributed by atoms with Crippen molar-refractivity contribution in [3.8, 4) is 0 Å². The van der Waals surface area contributed by atoms with Crippen molar-refractivity contribution in [2.24, 2.45) is 0 Å². The minimum Gasteiger partial charge on any atom is -0.451 e. The van der Waals surface area contributed by atoms with Crippen LogP contribution >= 0.6 is 11.6 Å². The summed E-state index contributed by atoms with van der Waals surface area (Å²) in [5.74, 6) is -1.06. The molecule has 1 aliphatic rings. The molecule has 3 heterocycles. The van der Waals surface area contributed by atoms with E-state index in [0.29, 0.717) is 26.1 Å². The minimum atomic E-state index is -4.54. The van der Waals surface area contributed by atoms with Crippen LogP contribution < -0.4 is 10.5 Å². The second kappa shape index (κ2) is 10.2. The molecule has 9 nitrogen and oxygen atoms in total. The van der Waals surface area contributed by atoms with Gasteiger partial charge in [-0.3, -0.25) is 9.59 Å². The first-order valence-corrected chi connectivity index (χ1v) is 10.5. The third-order valence-electron chi connectivity index (χ3n) is 4.92.